The number of amides is 1. The van der Waals surface area contributed by atoms with Gasteiger partial charge in [0.05, 0.1) is 19.4 Å². The highest BCUT2D eigenvalue weighted by Gasteiger charge is 2.25. The maximum Gasteiger partial charge on any atom is 0.434 e. The molecule has 11 heteroatoms. The highest BCUT2D eigenvalue weighted by atomic mass is 32.2. The van der Waals surface area contributed by atoms with E-state index >= 15 is 4.39 Å². The molecule has 3 rings (SSSR count). The summed E-state index contributed by atoms with van der Waals surface area (Å²) in [5, 5.41) is 4.14. The average molecular weight is 570 g/mol. The zero-order valence-electron chi connectivity index (χ0n) is 24.2. The second kappa shape index (κ2) is 13.7. The summed E-state index contributed by atoms with van der Waals surface area (Å²) in [6.45, 7) is 8.90. The molecule has 1 amide bonds. The molecule has 3 aromatic rings. The Hall–Kier alpha value is -3.57. The largest absolute Gasteiger partial charge is 0.490 e. The first-order valence-corrected chi connectivity index (χ1v) is 14.0. The molecule has 1 heterocycles. The zero-order chi connectivity index (χ0) is 29.4. The Kier molecular flexibility index (Phi) is 10.6. The molecule has 0 spiro atoms. The summed E-state index contributed by atoms with van der Waals surface area (Å²) in [6.07, 6.45) is 1.57. The summed E-state index contributed by atoms with van der Waals surface area (Å²) in [5.74, 6) is 0.445. The van der Waals surface area contributed by atoms with Gasteiger partial charge in [-0.15, -0.1) is 11.8 Å². The van der Waals surface area contributed by atoms with Crippen LogP contribution in [0.5, 0.6) is 5.75 Å². The van der Waals surface area contributed by atoms with E-state index in [0.29, 0.717) is 30.4 Å². The zero-order valence-corrected chi connectivity index (χ0v) is 25.1. The van der Waals surface area contributed by atoms with Crippen molar-refractivity contribution >= 4 is 34.3 Å². The number of carbonyl (C=O) groups excluding carboxylic acids is 1. The molecule has 9 nitrogen and oxygen atoms in total. The highest BCUT2D eigenvalue weighted by molar-refractivity contribution is 8.15. The number of aliphatic imine (C=N–C) groups is 2. The van der Waals surface area contributed by atoms with Crippen LogP contribution in [0.25, 0.3) is 11.4 Å². The van der Waals surface area contributed by atoms with Gasteiger partial charge >= 0.3 is 6.09 Å². The topological polar surface area (TPSA) is 102 Å². The molecule has 0 aliphatic heterocycles. The molecule has 214 valence electrons. The first-order chi connectivity index (χ1) is 19.0. The minimum Gasteiger partial charge on any atom is -0.490 e. The molecular formula is C29H36FN5O4S. The summed E-state index contributed by atoms with van der Waals surface area (Å²) >= 11 is 1.16. The number of hydrogen-bond acceptors (Lipinski definition) is 9. The van der Waals surface area contributed by atoms with Gasteiger partial charge in [-0.1, -0.05) is 25.9 Å². The van der Waals surface area contributed by atoms with Crippen LogP contribution in [0.1, 0.15) is 37.8 Å². The van der Waals surface area contributed by atoms with Gasteiger partial charge in [0.1, 0.15) is 10.8 Å². The van der Waals surface area contributed by atoms with Gasteiger partial charge in [0.25, 0.3) is 0 Å². The summed E-state index contributed by atoms with van der Waals surface area (Å²) < 4.78 is 32.0. The van der Waals surface area contributed by atoms with Gasteiger partial charge in [-0.3, -0.25) is 0 Å². The van der Waals surface area contributed by atoms with Crippen LogP contribution >= 0.6 is 11.8 Å². The monoisotopic (exact) mass is 569 g/mol. The molecule has 0 atom stereocenters. The second-order valence-electron chi connectivity index (χ2n) is 10.2. The summed E-state index contributed by atoms with van der Waals surface area (Å²) in [5.41, 5.74) is 2.25. The fourth-order valence-electron chi connectivity index (χ4n) is 4.09. The van der Waals surface area contributed by atoms with Crippen LogP contribution in [0, 0.1) is 18.2 Å². The molecule has 0 bridgehead atoms. The number of halogens is 1. The SMILES string of the molecule is CCc1cc(OCC(C)(C)CN(C)C)c(F)c(C(=N/c2ccc(-c3noc(C)n3)cc2)/C(=N/C(=O)OC)SC)c1. The quantitative estimate of drug-likeness (QED) is 0.205. The van der Waals surface area contributed by atoms with Crippen molar-refractivity contribution in [2.75, 3.05) is 40.6 Å². The van der Waals surface area contributed by atoms with E-state index in [4.69, 9.17) is 19.0 Å². The molecule has 0 saturated carbocycles. The number of aromatic nitrogens is 2. The van der Waals surface area contributed by atoms with Crippen LogP contribution in [0.15, 0.2) is 50.9 Å². The van der Waals surface area contributed by atoms with E-state index < -0.39 is 11.9 Å². The van der Waals surface area contributed by atoms with Gasteiger partial charge in [-0.05, 0) is 68.7 Å². The van der Waals surface area contributed by atoms with Gasteiger partial charge < -0.3 is 18.9 Å². The Bertz CT molecular complexity index is 1380. The Morgan fingerprint density at radius 2 is 1.90 bits per heavy atom. The maximum absolute atomic E-state index is 16.2. The standard InChI is InChI=1S/C29H36FN5O4S/c1-9-19-14-22(24(30)23(15-19)38-17-29(3,4)16-35(5)6)25(27(40-8)33-28(36)37-7)32-21-12-10-20(11-13-21)26-31-18(2)39-34-26/h10-15H,9,16-17H2,1-8H3/b32-25-,33-27-. The lowest BCUT2D eigenvalue weighted by molar-refractivity contribution is 0.137. The van der Waals surface area contributed by atoms with E-state index in [1.807, 2.05) is 21.0 Å². The normalized spacial score (nSPS) is 12.7. The molecule has 40 heavy (non-hydrogen) atoms. The van der Waals surface area contributed by atoms with Crippen molar-refractivity contribution in [2.24, 2.45) is 15.4 Å². The first-order valence-electron chi connectivity index (χ1n) is 12.8. The molecule has 0 fully saturated rings. The predicted molar refractivity (Wildman–Crippen MR) is 158 cm³/mol. The lowest BCUT2D eigenvalue weighted by Crippen LogP contribution is -2.33. The van der Waals surface area contributed by atoms with Crippen LogP contribution < -0.4 is 4.74 Å². The van der Waals surface area contributed by atoms with Crippen LogP contribution in [0.4, 0.5) is 14.9 Å². The van der Waals surface area contributed by atoms with Crippen molar-refractivity contribution in [2.45, 2.75) is 34.1 Å². The van der Waals surface area contributed by atoms with Crippen molar-refractivity contribution in [3.8, 4) is 17.1 Å². The van der Waals surface area contributed by atoms with Gasteiger partial charge in [-0.25, -0.2) is 14.2 Å². The number of aryl methyl sites for hydroxylation is 2. The van der Waals surface area contributed by atoms with E-state index in [2.05, 4.69) is 33.9 Å². The molecular weight excluding hydrogens is 533 g/mol. The van der Waals surface area contributed by atoms with Crippen molar-refractivity contribution in [1.29, 1.82) is 0 Å². The van der Waals surface area contributed by atoms with Gasteiger partial charge in [0.2, 0.25) is 11.7 Å². The van der Waals surface area contributed by atoms with Crippen LogP contribution in [-0.4, -0.2) is 72.5 Å². The van der Waals surface area contributed by atoms with Crippen molar-refractivity contribution < 1.29 is 23.2 Å². The number of methoxy groups -OCH3 is 1. The third kappa shape index (κ3) is 8.22. The number of hydrogen-bond donors (Lipinski definition) is 0. The van der Waals surface area contributed by atoms with E-state index in [1.54, 1.807) is 49.6 Å². The Labute approximate surface area is 238 Å². The summed E-state index contributed by atoms with van der Waals surface area (Å²) in [6, 6.07) is 10.5. The summed E-state index contributed by atoms with van der Waals surface area (Å²) in [4.78, 5) is 27.2. The lowest BCUT2D eigenvalue weighted by Gasteiger charge is -2.28. The van der Waals surface area contributed by atoms with Crippen LogP contribution in [0.3, 0.4) is 0 Å². The van der Waals surface area contributed by atoms with Gasteiger partial charge in [0.15, 0.2) is 11.6 Å². The third-order valence-electron chi connectivity index (χ3n) is 5.78. The molecule has 0 unspecified atom stereocenters. The fourth-order valence-corrected chi connectivity index (χ4v) is 4.60. The van der Waals surface area contributed by atoms with Gasteiger partial charge in [0, 0.05) is 30.0 Å². The third-order valence-corrected chi connectivity index (χ3v) is 6.45. The lowest BCUT2D eigenvalue weighted by atomic mass is 9.94. The molecule has 0 N–H and O–H groups in total. The van der Waals surface area contributed by atoms with Crippen molar-refractivity contribution in [3.63, 3.8) is 0 Å². The smallest absolute Gasteiger partial charge is 0.434 e. The Morgan fingerprint density at radius 3 is 2.45 bits per heavy atom. The van der Waals surface area contributed by atoms with Crippen LogP contribution in [-0.2, 0) is 11.2 Å². The minimum atomic E-state index is -0.811. The number of thioether (sulfide) groups is 1. The van der Waals surface area contributed by atoms with E-state index in [-0.39, 0.29) is 27.5 Å². The number of rotatable bonds is 10. The Morgan fingerprint density at radius 1 is 1.20 bits per heavy atom. The fraction of sp³-hybridized carbons (Fsp3) is 0.414. The molecule has 0 saturated heterocycles. The number of benzene rings is 2. The highest BCUT2D eigenvalue weighted by Crippen LogP contribution is 2.30. The Balaban J connectivity index is 2.12. The van der Waals surface area contributed by atoms with Crippen molar-refractivity contribution in [1.82, 2.24) is 15.0 Å². The first kappa shape index (κ1) is 31.0. The molecule has 1 aromatic heterocycles. The number of ether oxygens (including phenoxy) is 2. The minimum absolute atomic E-state index is 0.121. The van der Waals surface area contributed by atoms with E-state index in [1.165, 1.54) is 7.11 Å². The predicted octanol–water partition coefficient (Wildman–Crippen LogP) is 6.36. The second-order valence-corrected chi connectivity index (χ2v) is 11.0. The van der Waals surface area contributed by atoms with E-state index in [9.17, 15) is 4.79 Å². The molecule has 2 aromatic carbocycles. The molecule has 0 aliphatic carbocycles. The average Bonchev–Trinajstić information content (AvgIpc) is 3.35. The number of nitrogens with zero attached hydrogens (tertiary/aromatic N) is 5. The molecule has 0 radical (unpaired) electrons. The van der Waals surface area contributed by atoms with Crippen LogP contribution in [0.2, 0.25) is 0 Å². The van der Waals surface area contributed by atoms with Crippen molar-refractivity contribution in [3.05, 3.63) is 59.2 Å². The molecule has 0 aliphatic rings. The van der Waals surface area contributed by atoms with Gasteiger partial charge in [-0.2, -0.15) is 9.98 Å². The van der Waals surface area contributed by atoms with E-state index in [0.717, 1.165) is 29.4 Å². The number of carbonyl (C=O) groups is 1. The summed E-state index contributed by atoms with van der Waals surface area (Å²) in [7, 11) is 5.21. The maximum atomic E-state index is 16.2.